The summed E-state index contributed by atoms with van der Waals surface area (Å²) in [5.41, 5.74) is 0.245. The number of hydrogen-bond donors (Lipinski definition) is 1. The predicted octanol–water partition coefficient (Wildman–Crippen LogP) is -0.283. The molecule has 0 saturated carbocycles. The Balaban J connectivity index is 0.000000292. The second-order valence-corrected chi connectivity index (χ2v) is 1.65. The minimum Gasteiger partial charge on any atom is -0.483 e. The Morgan fingerprint density at radius 2 is 2.00 bits per heavy atom. The summed E-state index contributed by atoms with van der Waals surface area (Å²) in [7, 11) is 0. The molecule has 1 rings (SSSR count). The Bertz CT molecular complexity index is 187. The van der Waals surface area contributed by atoms with Crippen LogP contribution < -0.4 is 0 Å². The van der Waals surface area contributed by atoms with Gasteiger partial charge in [0.05, 0.1) is 6.42 Å². The van der Waals surface area contributed by atoms with Gasteiger partial charge >= 0.3 is 11.9 Å². The lowest BCUT2D eigenvalue weighted by Gasteiger charge is -1.80. The van der Waals surface area contributed by atoms with Crippen molar-refractivity contribution >= 4 is 18.4 Å². The lowest BCUT2D eigenvalue weighted by molar-refractivity contribution is -0.151. The SMILES string of the molecule is C=C1CC(=O)OC1=O.O=CO. The van der Waals surface area contributed by atoms with Gasteiger partial charge in [-0.05, 0) is 0 Å². The fourth-order valence-corrected chi connectivity index (χ4v) is 0.458. The summed E-state index contributed by atoms with van der Waals surface area (Å²) >= 11 is 0. The van der Waals surface area contributed by atoms with Gasteiger partial charge in [0.1, 0.15) is 0 Å². The third-order valence-corrected chi connectivity index (χ3v) is 0.853. The lowest BCUT2D eigenvalue weighted by atomic mass is 10.3. The molecule has 0 aromatic carbocycles. The van der Waals surface area contributed by atoms with E-state index in [0.29, 0.717) is 0 Å². The first-order valence-electron chi connectivity index (χ1n) is 2.62. The fraction of sp³-hybridized carbons (Fsp3) is 0.167. The van der Waals surface area contributed by atoms with Crippen molar-refractivity contribution in [2.45, 2.75) is 6.42 Å². The first-order chi connectivity index (χ1) is 5.11. The smallest absolute Gasteiger partial charge is 0.341 e. The predicted molar refractivity (Wildman–Crippen MR) is 33.5 cm³/mol. The minimum atomic E-state index is -0.588. The molecule has 0 spiro atoms. The molecule has 1 heterocycles. The number of carboxylic acid groups (broad SMARTS) is 1. The second kappa shape index (κ2) is 4.21. The summed E-state index contributed by atoms with van der Waals surface area (Å²) in [6.45, 7) is 3.04. The van der Waals surface area contributed by atoms with Crippen molar-refractivity contribution in [3.63, 3.8) is 0 Å². The van der Waals surface area contributed by atoms with Crippen LogP contribution in [-0.4, -0.2) is 23.5 Å². The Morgan fingerprint density at radius 3 is 2.09 bits per heavy atom. The van der Waals surface area contributed by atoms with E-state index in [1.165, 1.54) is 0 Å². The topological polar surface area (TPSA) is 80.7 Å². The van der Waals surface area contributed by atoms with Crippen molar-refractivity contribution in [3.8, 4) is 0 Å². The lowest BCUT2D eigenvalue weighted by Crippen LogP contribution is -1.95. The van der Waals surface area contributed by atoms with Crippen LogP contribution in [0.1, 0.15) is 6.42 Å². The van der Waals surface area contributed by atoms with Gasteiger partial charge in [0, 0.05) is 5.57 Å². The highest BCUT2D eigenvalue weighted by Crippen LogP contribution is 2.10. The largest absolute Gasteiger partial charge is 0.483 e. The minimum absolute atomic E-state index is 0.0544. The van der Waals surface area contributed by atoms with E-state index in [1.807, 2.05) is 0 Å². The molecule has 11 heavy (non-hydrogen) atoms. The van der Waals surface area contributed by atoms with Gasteiger partial charge in [-0.3, -0.25) is 9.59 Å². The second-order valence-electron chi connectivity index (χ2n) is 1.65. The molecule has 0 radical (unpaired) electrons. The van der Waals surface area contributed by atoms with Crippen LogP contribution >= 0.6 is 0 Å². The van der Waals surface area contributed by atoms with Gasteiger partial charge < -0.3 is 9.84 Å². The summed E-state index contributed by atoms with van der Waals surface area (Å²) in [4.78, 5) is 28.8. The highest BCUT2D eigenvalue weighted by atomic mass is 16.6. The normalized spacial score (nSPS) is 15.1. The maximum atomic E-state index is 10.2. The number of esters is 2. The molecule has 0 unspecified atom stereocenters. The van der Waals surface area contributed by atoms with E-state index in [9.17, 15) is 9.59 Å². The fourth-order valence-electron chi connectivity index (χ4n) is 0.458. The highest BCUT2D eigenvalue weighted by Gasteiger charge is 2.24. The van der Waals surface area contributed by atoms with Gasteiger partial charge in [-0.25, -0.2) is 4.79 Å². The van der Waals surface area contributed by atoms with Crippen molar-refractivity contribution in [1.29, 1.82) is 0 Å². The molecule has 0 amide bonds. The van der Waals surface area contributed by atoms with Crippen LogP contribution in [0.2, 0.25) is 0 Å². The van der Waals surface area contributed by atoms with Crippen LogP contribution in [0.5, 0.6) is 0 Å². The maximum Gasteiger partial charge on any atom is 0.341 e. The molecule has 0 aromatic heterocycles. The summed E-state index contributed by atoms with van der Waals surface area (Å²) in [6.07, 6.45) is 0.0544. The standard InChI is InChI=1S/C5H4O3.CH2O2/c1-3-2-4(6)8-5(3)7;2-1-3/h1-2H2;1H,(H,2,3). The van der Waals surface area contributed by atoms with Crippen molar-refractivity contribution < 1.29 is 24.2 Å². The number of carbonyl (C=O) groups excluding carboxylic acids is 2. The summed E-state index contributed by atoms with van der Waals surface area (Å²) in [6, 6.07) is 0. The zero-order valence-electron chi connectivity index (χ0n) is 5.57. The Morgan fingerprint density at radius 1 is 1.55 bits per heavy atom. The van der Waals surface area contributed by atoms with E-state index < -0.39 is 11.9 Å². The molecule has 5 heteroatoms. The molecule has 0 atom stereocenters. The van der Waals surface area contributed by atoms with Crippen LogP contribution in [0.3, 0.4) is 0 Å². The first kappa shape index (κ1) is 9.35. The first-order valence-corrected chi connectivity index (χ1v) is 2.62. The van der Waals surface area contributed by atoms with E-state index in [1.54, 1.807) is 0 Å². The average Bonchev–Trinajstić information content (AvgIpc) is 2.12. The average molecular weight is 158 g/mol. The van der Waals surface area contributed by atoms with E-state index >= 15 is 0 Å². The molecule has 1 saturated heterocycles. The van der Waals surface area contributed by atoms with Crippen molar-refractivity contribution in [3.05, 3.63) is 12.2 Å². The van der Waals surface area contributed by atoms with Crippen molar-refractivity contribution in [2.75, 3.05) is 0 Å². The summed E-state index contributed by atoms with van der Waals surface area (Å²) in [5.74, 6) is -1.09. The van der Waals surface area contributed by atoms with E-state index in [4.69, 9.17) is 9.90 Å². The van der Waals surface area contributed by atoms with Crippen LogP contribution in [0, 0.1) is 0 Å². The Hall–Kier alpha value is -1.65. The Kier molecular flexibility index (Phi) is 3.58. The van der Waals surface area contributed by atoms with Crippen molar-refractivity contribution in [1.82, 2.24) is 0 Å². The summed E-state index contributed by atoms with van der Waals surface area (Å²) < 4.78 is 4.10. The number of cyclic esters (lactones) is 2. The van der Waals surface area contributed by atoms with Crippen LogP contribution in [0.4, 0.5) is 0 Å². The van der Waals surface area contributed by atoms with Gasteiger partial charge in [-0.15, -0.1) is 0 Å². The zero-order valence-corrected chi connectivity index (χ0v) is 5.57. The molecule has 1 aliphatic rings. The van der Waals surface area contributed by atoms with Crippen LogP contribution in [-0.2, 0) is 19.1 Å². The molecule has 0 aromatic rings. The molecule has 1 N–H and O–H groups in total. The van der Waals surface area contributed by atoms with Gasteiger partial charge in [0.15, 0.2) is 0 Å². The maximum absolute atomic E-state index is 10.2. The van der Waals surface area contributed by atoms with Crippen LogP contribution in [0.25, 0.3) is 0 Å². The van der Waals surface area contributed by atoms with Crippen molar-refractivity contribution in [2.24, 2.45) is 0 Å². The van der Waals surface area contributed by atoms with E-state index in [0.717, 1.165) is 0 Å². The molecular formula is C6H6O5. The molecule has 0 bridgehead atoms. The quantitative estimate of drug-likeness (QED) is 0.227. The monoisotopic (exact) mass is 158 g/mol. The number of carbonyl (C=O) groups is 3. The third kappa shape index (κ3) is 3.14. The van der Waals surface area contributed by atoms with Gasteiger partial charge in [-0.1, -0.05) is 6.58 Å². The zero-order chi connectivity index (χ0) is 8.85. The van der Waals surface area contributed by atoms with Gasteiger partial charge in [-0.2, -0.15) is 0 Å². The van der Waals surface area contributed by atoms with Gasteiger partial charge in [0.2, 0.25) is 0 Å². The van der Waals surface area contributed by atoms with E-state index in [2.05, 4.69) is 11.3 Å². The third-order valence-electron chi connectivity index (χ3n) is 0.853. The molecule has 1 fully saturated rings. The number of ether oxygens (including phenoxy) is 1. The molecule has 60 valence electrons. The van der Waals surface area contributed by atoms with E-state index in [-0.39, 0.29) is 18.5 Å². The molecule has 5 nitrogen and oxygen atoms in total. The number of hydrogen-bond acceptors (Lipinski definition) is 4. The van der Waals surface area contributed by atoms with Gasteiger partial charge in [0.25, 0.3) is 6.47 Å². The molecule has 1 aliphatic heterocycles. The molecule has 0 aliphatic carbocycles. The Labute approximate surface area is 62.3 Å². The van der Waals surface area contributed by atoms with Crippen LogP contribution in [0.15, 0.2) is 12.2 Å². The summed E-state index contributed by atoms with van der Waals surface area (Å²) in [5, 5.41) is 6.89. The molecular weight excluding hydrogens is 152 g/mol. The number of rotatable bonds is 0. The highest BCUT2D eigenvalue weighted by molar-refractivity contribution is 6.05.